The molecular formula is C16H20O6. The molecule has 2 N–H and O–H groups in total. The van der Waals surface area contributed by atoms with Crippen LogP contribution >= 0.6 is 0 Å². The highest BCUT2D eigenvalue weighted by Gasteiger charge is 2.63. The van der Waals surface area contributed by atoms with E-state index in [-0.39, 0.29) is 6.61 Å². The standard InChI is InChI=1S/C16H20O6/c17-12-13(18)15(19)21-14(12)11-6-20-16(22-11)9-2-7-1-8(4-9)5-10(16)3-7/h7-11,14,17-18H,1-6H2. The highest BCUT2D eigenvalue weighted by molar-refractivity contribution is 5.89. The summed E-state index contributed by atoms with van der Waals surface area (Å²) in [5.41, 5.74) is 0. The monoisotopic (exact) mass is 308 g/mol. The lowest BCUT2D eigenvalue weighted by Crippen LogP contribution is -2.58. The van der Waals surface area contributed by atoms with Gasteiger partial charge in [-0.25, -0.2) is 4.79 Å². The molecule has 0 aromatic heterocycles. The Hall–Kier alpha value is -1.27. The summed E-state index contributed by atoms with van der Waals surface area (Å²) in [6, 6.07) is 0. The number of hydrogen-bond acceptors (Lipinski definition) is 6. The van der Waals surface area contributed by atoms with Crippen molar-refractivity contribution in [3.05, 3.63) is 11.5 Å². The third-order valence-electron chi connectivity index (χ3n) is 6.36. The number of rotatable bonds is 1. The third kappa shape index (κ3) is 1.55. The fourth-order valence-corrected chi connectivity index (χ4v) is 5.65. The van der Waals surface area contributed by atoms with Crippen LogP contribution in [0.15, 0.2) is 11.5 Å². The molecule has 0 radical (unpaired) electrons. The van der Waals surface area contributed by atoms with E-state index in [1.807, 2.05) is 0 Å². The minimum atomic E-state index is -0.941. The zero-order valence-corrected chi connectivity index (χ0v) is 12.2. The van der Waals surface area contributed by atoms with Crippen LogP contribution in [-0.2, 0) is 19.0 Å². The van der Waals surface area contributed by atoms with Crippen molar-refractivity contribution in [2.45, 2.75) is 50.1 Å². The molecule has 0 aromatic carbocycles. The normalized spacial score (nSPS) is 52.8. The summed E-state index contributed by atoms with van der Waals surface area (Å²) >= 11 is 0. The summed E-state index contributed by atoms with van der Waals surface area (Å²) < 4.78 is 17.4. The number of aliphatic hydroxyl groups is 2. The van der Waals surface area contributed by atoms with E-state index in [9.17, 15) is 15.0 Å². The first-order valence-electron chi connectivity index (χ1n) is 8.21. The van der Waals surface area contributed by atoms with Gasteiger partial charge in [0.1, 0.15) is 6.10 Å². The first kappa shape index (κ1) is 13.2. The van der Waals surface area contributed by atoms with Crippen LogP contribution in [0.5, 0.6) is 0 Å². The first-order valence-corrected chi connectivity index (χ1v) is 8.21. The number of esters is 1. The second kappa shape index (κ2) is 4.17. The van der Waals surface area contributed by atoms with Crippen molar-refractivity contribution < 1.29 is 29.2 Å². The van der Waals surface area contributed by atoms with E-state index in [1.54, 1.807) is 0 Å². The van der Waals surface area contributed by atoms with Gasteiger partial charge in [0.25, 0.3) is 0 Å². The van der Waals surface area contributed by atoms with Gasteiger partial charge < -0.3 is 24.4 Å². The molecule has 2 atom stereocenters. The molecule has 6 aliphatic rings. The summed E-state index contributed by atoms with van der Waals surface area (Å²) in [6.45, 7) is 0.289. The molecule has 2 aliphatic heterocycles. The molecule has 120 valence electrons. The van der Waals surface area contributed by atoms with E-state index in [1.165, 1.54) is 6.42 Å². The number of ether oxygens (including phenoxy) is 3. The van der Waals surface area contributed by atoms with Gasteiger partial charge in [-0.05, 0) is 43.9 Å². The fraction of sp³-hybridized carbons (Fsp3) is 0.812. The molecule has 0 aromatic rings. The highest BCUT2D eigenvalue weighted by Crippen LogP contribution is 2.61. The zero-order valence-electron chi connectivity index (χ0n) is 12.2. The Morgan fingerprint density at radius 3 is 2.18 bits per heavy atom. The quantitative estimate of drug-likeness (QED) is 0.719. The molecule has 1 spiro atoms. The van der Waals surface area contributed by atoms with Crippen LogP contribution < -0.4 is 0 Å². The van der Waals surface area contributed by atoms with Gasteiger partial charge in [0.05, 0.1) is 6.61 Å². The molecular weight excluding hydrogens is 288 g/mol. The second-order valence-corrected chi connectivity index (χ2v) is 7.55. The van der Waals surface area contributed by atoms with Crippen molar-refractivity contribution in [3.8, 4) is 0 Å². The lowest BCUT2D eigenvalue weighted by Gasteiger charge is -2.58. The average molecular weight is 308 g/mol. The molecule has 2 heterocycles. The topological polar surface area (TPSA) is 85.2 Å². The Bertz CT molecular complexity index is 539. The average Bonchev–Trinajstić information content (AvgIpc) is 3.03. The predicted molar refractivity (Wildman–Crippen MR) is 72.8 cm³/mol. The van der Waals surface area contributed by atoms with Crippen LogP contribution in [0.25, 0.3) is 0 Å². The number of carbonyl (C=O) groups excluding carboxylic acids is 1. The lowest BCUT2D eigenvalue weighted by atomic mass is 9.53. The van der Waals surface area contributed by atoms with Crippen molar-refractivity contribution in [2.75, 3.05) is 6.61 Å². The Morgan fingerprint density at radius 2 is 1.64 bits per heavy atom. The molecule has 22 heavy (non-hydrogen) atoms. The largest absolute Gasteiger partial charge is 0.505 e. The predicted octanol–water partition coefficient (Wildman–Crippen LogP) is 1.81. The second-order valence-electron chi connectivity index (χ2n) is 7.55. The summed E-state index contributed by atoms with van der Waals surface area (Å²) in [5.74, 6) is -0.169. The molecule has 2 unspecified atom stereocenters. The third-order valence-corrected chi connectivity index (χ3v) is 6.36. The summed E-state index contributed by atoms with van der Waals surface area (Å²) in [7, 11) is 0. The van der Waals surface area contributed by atoms with Crippen molar-refractivity contribution in [1.82, 2.24) is 0 Å². The first-order chi connectivity index (χ1) is 10.6. The number of carbonyl (C=O) groups is 1. The van der Waals surface area contributed by atoms with Gasteiger partial charge in [-0.1, -0.05) is 0 Å². The van der Waals surface area contributed by atoms with Gasteiger partial charge >= 0.3 is 5.97 Å². The molecule has 0 amide bonds. The maximum absolute atomic E-state index is 11.4. The van der Waals surface area contributed by atoms with Gasteiger partial charge in [-0.15, -0.1) is 0 Å². The van der Waals surface area contributed by atoms with Crippen LogP contribution in [0.2, 0.25) is 0 Å². The molecule has 6 heteroatoms. The minimum absolute atomic E-state index is 0.289. The lowest BCUT2D eigenvalue weighted by molar-refractivity contribution is -0.297. The SMILES string of the molecule is O=C1OC(C2COC3(O2)C2CC4CC(C2)CC3C4)C(O)=C1O. The molecule has 1 saturated heterocycles. The van der Waals surface area contributed by atoms with Crippen LogP contribution in [0.3, 0.4) is 0 Å². The maximum Gasteiger partial charge on any atom is 0.377 e. The van der Waals surface area contributed by atoms with E-state index in [2.05, 4.69) is 0 Å². The van der Waals surface area contributed by atoms with Crippen LogP contribution in [0, 0.1) is 23.7 Å². The highest BCUT2D eigenvalue weighted by atomic mass is 16.8. The number of aliphatic hydroxyl groups excluding tert-OH is 2. The zero-order chi connectivity index (χ0) is 15.1. The van der Waals surface area contributed by atoms with Crippen molar-refractivity contribution >= 4 is 5.97 Å². The Labute approximate surface area is 128 Å². The Balaban J connectivity index is 1.40. The molecule has 4 bridgehead atoms. The van der Waals surface area contributed by atoms with Crippen molar-refractivity contribution in [3.63, 3.8) is 0 Å². The smallest absolute Gasteiger partial charge is 0.377 e. The van der Waals surface area contributed by atoms with Crippen LogP contribution in [-0.4, -0.2) is 40.8 Å². The fourth-order valence-electron chi connectivity index (χ4n) is 5.65. The van der Waals surface area contributed by atoms with E-state index in [0.717, 1.165) is 37.5 Å². The molecule has 4 saturated carbocycles. The molecule has 6 rings (SSSR count). The van der Waals surface area contributed by atoms with Crippen molar-refractivity contribution in [1.29, 1.82) is 0 Å². The number of hydrogen-bond donors (Lipinski definition) is 2. The molecule has 6 nitrogen and oxygen atoms in total. The Kier molecular flexibility index (Phi) is 2.50. The number of cyclic esters (lactones) is 1. The van der Waals surface area contributed by atoms with E-state index in [4.69, 9.17) is 14.2 Å². The minimum Gasteiger partial charge on any atom is -0.505 e. The van der Waals surface area contributed by atoms with Gasteiger partial charge in [0.2, 0.25) is 5.76 Å². The van der Waals surface area contributed by atoms with Crippen LogP contribution in [0.1, 0.15) is 32.1 Å². The van der Waals surface area contributed by atoms with Gasteiger partial charge in [-0.2, -0.15) is 0 Å². The van der Waals surface area contributed by atoms with Gasteiger partial charge in [-0.3, -0.25) is 0 Å². The summed E-state index contributed by atoms with van der Waals surface area (Å²) in [4.78, 5) is 11.4. The van der Waals surface area contributed by atoms with Gasteiger partial charge in [0, 0.05) is 11.8 Å². The molecule has 4 aliphatic carbocycles. The summed E-state index contributed by atoms with van der Waals surface area (Å²) in [6.07, 6.45) is 4.47. The maximum atomic E-state index is 11.4. The van der Waals surface area contributed by atoms with E-state index < -0.39 is 35.5 Å². The van der Waals surface area contributed by atoms with Crippen LogP contribution in [0.4, 0.5) is 0 Å². The molecule has 5 fully saturated rings. The van der Waals surface area contributed by atoms with E-state index in [0.29, 0.717) is 11.8 Å². The summed E-state index contributed by atoms with van der Waals surface area (Å²) in [5, 5.41) is 19.3. The van der Waals surface area contributed by atoms with Crippen molar-refractivity contribution in [2.24, 2.45) is 23.7 Å². The van der Waals surface area contributed by atoms with E-state index >= 15 is 0 Å². The Morgan fingerprint density at radius 1 is 1.00 bits per heavy atom. The van der Waals surface area contributed by atoms with Gasteiger partial charge in [0.15, 0.2) is 17.7 Å².